The SMILES string of the molecule is COCCOCCCC1(CCCOCCOC)c2cc(-c3ccc(OCCOCCC(=O)ON4C(=O)CCC4=O)cc3)ccc2-c2ccc(-c3ccc4c(c3)[Si](CCCSCCOC)(CCCSCCOC)c3cc(-c5ccc(CO)cc5)ccc3-4)cc21. The Morgan fingerprint density at radius 2 is 0.932 bits per heavy atom. The number of fused-ring (bicyclic) bond motifs is 6. The van der Waals surface area contributed by atoms with E-state index >= 15 is 0 Å². The van der Waals surface area contributed by atoms with Gasteiger partial charge in [0, 0.05) is 71.4 Å². The monoisotopic (exact) mass is 1250 g/mol. The van der Waals surface area contributed by atoms with E-state index in [0.717, 1.165) is 91.4 Å². The second kappa shape index (κ2) is 33.9. The van der Waals surface area contributed by atoms with Crippen molar-refractivity contribution in [3.8, 4) is 61.4 Å². The number of carbonyl (C=O) groups excluding carboxylic acids is 3. The molecule has 6 aromatic rings. The van der Waals surface area contributed by atoms with Gasteiger partial charge in [0.2, 0.25) is 0 Å². The van der Waals surface area contributed by atoms with Crippen molar-refractivity contribution in [1.29, 1.82) is 0 Å². The minimum Gasteiger partial charge on any atom is -0.491 e. The number of nitrogens with zero attached hydrogens (tertiary/aromatic N) is 1. The molecule has 6 aromatic carbocycles. The molecule has 3 aliphatic rings. The molecule has 470 valence electrons. The number of rotatable bonds is 40. The van der Waals surface area contributed by atoms with E-state index < -0.39 is 25.9 Å². The summed E-state index contributed by atoms with van der Waals surface area (Å²) in [6.07, 6.45) is 5.72. The molecule has 0 aromatic heterocycles. The number of methoxy groups -OCH3 is 4. The minimum atomic E-state index is -2.41. The Morgan fingerprint density at radius 1 is 0.489 bits per heavy atom. The van der Waals surface area contributed by atoms with Gasteiger partial charge < -0.3 is 47.8 Å². The van der Waals surface area contributed by atoms with Gasteiger partial charge in [0.05, 0.1) is 65.9 Å². The van der Waals surface area contributed by atoms with Gasteiger partial charge in [-0.05, 0) is 169 Å². The fourth-order valence-electron chi connectivity index (χ4n) is 12.7. The normalized spacial score (nSPS) is 14.3. The molecule has 1 saturated heterocycles. The molecule has 9 rings (SSSR count). The Kier molecular flexibility index (Phi) is 25.7. The van der Waals surface area contributed by atoms with Crippen LogP contribution in [0.5, 0.6) is 5.75 Å². The van der Waals surface area contributed by atoms with Gasteiger partial charge in [0.25, 0.3) is 11.8 Å². The number of hydroxylamine groups is 2. The van der Waals surface area contributed by atoms with E-state index in [1.54, 1.807) is 38.8 Å². The topological polar surface area (TPSA) is 158 Å². The van der Waals surface area contributed by atoms with E-state index in [9.17, 15) is 19.5 Å². The van der Waals surface area contributed by atoms with Crippen molar-refractivity contribution in [2.24, 2.45) is 0 Å². The smallest absolute Gasteiger partial charge is 0.335 e. The first kappa shape index (κ1) is 66.7. The van der Waals surface area contributed by atoms with E-state index in [1.807, 2.05) is 47.8 Å². The van der Waals surface area contributed by atoms with E-state index in [0.29, 0.717) is 50.5 Å². The molecule has 0 unspecified atom stereocenters. The molecule has 0 spiro atoms. The van der Waals surface area contributed by atoms with Gasteiger partial charge in [-0.3, -0.25) is 9.59 Å². The number of hydrogen-bond acceptors (Lipinski definition) is 15. The first-order valence-electron chi connectivity index (χ1n) is 31.1. The molecule has 2 aliphatic heterocycles. The number of aliphatic hydroxyl groups excluding tert-OH is 1. The zero-order valence-corrected chi connectivity index (χ0v) is 54.4. The van der Waals surface area contributed by atoms with Crippen molar-refractivity contribution >= 4 is 59.8 Å². The van der Waals surface area contributed by atoms with Crippen LogP contribution < -0.4 is 15.1 Å². The number of imide groups is 1. The maximum atomic E-state index is 12.2. The predicted octanol–water partition coefficient (Wildman–Crippen LogP) is 11.8. The van der Waals surface area contributed by atoms with Crippen LogP contribution >= 0.6 is 23.5 Å². The molecule has 1 fully saturated rings. The molecule has 2 amide bonds. The Bertz CT molecular complexity index is 3180. The summed E-state index contributed by atoms with van der Waals surface area (Å²) in [5, 5.41) is 13.6. The van der Waals surface area contributed by atoms with Crippen LogP contribution in [0.15, 0.2) is 121 Å². The van der Waals surface area contributed by atoms with Crippen LogP contribution in [0.1, 0.15) is 74.5 Å². The zero-order chi connectivity index (χ0) is 61.6. The first-order chi connectivity index (χ1) is 43.2. The summed E-state index contributed by atoms with van der Waals surface area (Å²) in [5.74, 6) is 3.12. The molecule has 0 radical (unpaired) electrons. The molecular formula is C71H87NO13S2Si. The fourth-order valence-corrected chi connectivity index (χ4v) is 20.4. The number of benzene rings is 6. The predicted molar refractivity (Wildman–Crippen MR) is 355 cm³/mol. The zero-order valence-electron chi connectivity index (χ0n) is 51.7. The van der Waals surface area contributed by atoms with Gasteiger partial charge >= 0.3 is 5.97 Å². The molecule has 0 saturated carbocycles. The van der Waals surface area contributed by atoms with Gasteiger partial charge in [0.15, 0.2) is 0 Å². The third-order valence-corrected chi connectivity index (χ3v) is 24.5. The lowest BCUT2D eigenvalue weighted by Crippen LogP contribution is -2.55. The lowest BCUT2D eigenvalue weighted by Gasteiger charge is -2.33. The van der Waals surface area contributed by atoms with E-state index in [2.05, 4.69) is 97.1 Å². The summed E-state index contributed by atoms with van der Waals surface area (Å²) in [5.41, 5.74) is 15.5. The van der Waals surface area contributed by atoms with Crippen molar-refractivity contribution in [2.75, 3.05) is 124 Å². The Labute approximate surface area is 529 Å². The van der Waals surface area contributed by atoms with Gasteiger partial charge in [-0.25, -0.2) is 4.79 Å². The molecule has 0 atom stereocenters. The molecule has 0 bridgehead atoms. The number of ether oxygens (including phenoxy) is 8. The molecule has 1 aliphatic carbocycles. The highest BCUT2D eigenvalue weighted by atomic mass is 32.2. The highest BCUT2D eigenvalue weighted by Gasteiger charge is 2.46. The summed E-state index contributed by atoms with van der Waals surface area (Å²) in [4.78, 5) is 40.8. The second-order valence-electron chi connectivity index (χ2n) is 22.7. The van der Waals surface area contributed by atoms with Gasteiger partial charge in [0.1, 0.15) is 20.4 Å². The Hall–Kier alpha value is -5.67. The number of carbonyl (C=O) groups is 3. The van der Waals surface area contributed by atoms with Crippen molar-refractivity contribution in [1.82, 2.24) is 5.06 Å². The number of hydrogen-bond donors (Lipinski definition) is 1. The van der Waals surface area contributed by atoms with Crippen LogP contribution in [0.3, 0.4) is 0 Å². The number of aliphatic hydroxyl groups is 1. The van der Waals surface area contributed by atoms with Crippen LogP contribution in [-0.4, -0.2) is 160 Å². The number of amides is 2. The minimum absolute atomic E-state index is 0.0225. The second-order valence-corrected chi connectivity index (χ2v) is 29.4. The lowest BCUT2D eigenvalue weighted by atomic mass is 9.70. The van der Waals surface area contributed by atoms with E-state index in [4.69, 9.17) is 42.7 Å². The van der Waals surface area contributed by atoms with Gasteiger partial charge in [-0.2, -0.15) is 23.5 Å². The average molecular weight is 1250 g/mol. The summed E-state index contributed by atoms with van der Waals surface area (Å²) < 4.78 is 45.7. The van der Waals surface area contributed by atoms with Crippen molar-refractivity contribution < 1.29 is 62.2 Å². The van der Waals surface area contributed by atoms with Crippen LogP contribution in [-0.2, 0) is 64.4 Å². The Balaban J connectivity index is 1.03. The van der Waals surface area contributed by atoms with Crippen LogP contribution in [0.2, 0.25) is 12.1 Å². The van der Waals surface area contributed by atoms with Crippen LogP contribution in [0.25, 0.3) is 55.6 Å². The largest absolute Gasteiger partial charge is 0.491 e. The van der Waals surface area contributed by atoms with Gasteiger partial charge in [-0.15, -0.1) is 5.06 Å². The quantitative estimate of drug-likeness (QED) is 0.0220. The molecule has 1 N–H and O–H groups in total. The van der Waals surface area contributed by atoms with Gasteiger partial charge in [-0.1, -0.05) is 97.1 Å². The highest BCUT2D eigenvalue weighted by molar-refractivity contribution is 7.99. The Morgan fingerprint density at radius 3 is 1.44 bits per heavy atom. The molecule has 88 heavy (non-hydrogen) atoms. The summed E-state index contributed by atoms with van der Waals surface area (Å²) in [7, 11) is 4.58. The third-order valence-electron chi connectivity index (χ3n) is 17.2. The van der Waals surface area contributed by atoms with E-state index in [1.165, 1.54) is 67.7 Å². The molecule has 2 heterocycles. The average Bonchev–Trinajstić information content (AvgIpc) is 1.65. The summed E-state index contributed by atoms with van der Waals surface area (Å²) in [6, 6.07) is 47.7. The first-order valence-corrected chi connectivity index (χ1v) is 35.8. The molecular weight excluding hydrogens is 1170 g/mol. The summed E-state index contributed by atoms with van der Waals surface area (Å²) >= 11 is 4.00. The molecule has 14 nitrogen and oxygen atoms in total. The van der Waals surface area contributed by atoms with Crippen molar-refractivity contribution in [2.45, 2.75) is 81.9 Å². The number of thioether (sulfide) groups is 2. The van der Waals surface area contributed by atoms with Crippen LogP contribution in [0, 0.1) is 0 Å². The highest BCUT2D eigenvalue weighted by Crippen LogP contribution is 2.55. The van der Waals surface area contributed by atoms with E-state index in [-0.39, 0.29) is 51.1 Å². The lowest BCUT2D eigenvalue weighted by molar-refractivity contribution is -0.198. The van der Waals surface area contributed by atoms with Crippen molar-refractivity contribution in [3.63, 3.8) is 0 Å². The van der Waals surface area contributed by atoms with Crippen LogP contribution in [0.4, 0.5) is 0 Å². The maximum absolute atomic E-state index is 12.2. The third kappa shape index (κ3) is 16.6. The maximum Gasteiger partial charge on any atom is 0.335 e. The standard InChI is InChI=1S/C71H87NO13S2Si/c1-77-33-35-81-30-5-28-71(29-6-31-82-36-34-78-2)64-47-55(54-13-19-59(20-14-54)84-38-37-83-32-27-70(76)85-72-68(74)25-26-69(72)75)15-21-60(64)61-22-16-56(48-65(61)71)58-18-24-63-62-23-17-57(53-11-9-52(51-73)10-12-53)49-66(62)88(67(63)50-58,45-7-41-86-43-39-79-3)46-8-42-87-44-40-80-4/h9-24,47-50,73H,5-8,25-46,51H2,1-4H3. The van der Waals surface area contributed by atoms with Crippen molar-refractivity contribution in [3.05, 3.63) is 138 Å². The fraction of sp³-hybridized carbons (Fsp3) is 0.451. The summed E-state index contributed by atoms with van der Waals surface area (Å²) in [6.45, 7) is 5.50. The molecule has 17 heteroatoms.